The molecule has 0 aromatic heterocycles. The van der Waals surface area contributed by atoms with Crippen LogP contribution in [0.15, 0.2) is 18.2 Å². The van der Waals surface area contributed by atoms with E-state index in [0.717, 1.165) is 19.0 Å². The van der Waals surface area contributed by atoms with Crippen LogP contribution in [0.3, 0.4) is 0 Å². The summed E-state index contributed by atoms with van der Waals surface area (Å²) in [4.78, 5) is 2.52. The molecule has 2 rings (SSSR count). The molecule has 2 atom stereocenters. The van der Waals surface area contributed by atoms with E-state index < -0.39 is 0 Å². The molecule has 0 radical (unpaired) electrons. The monoisotopic (exact) mass is 246 g/mol. The summed E-state index contributed by atoms with van der Waals surface area (Å²) in [6.45, 7) is 10.1. The van der Waals surface area contributed by atoms with Crippen LogP contribution < -0.4 is 5.32 Å². The van der Waals surface area contributed by atoms with Crippen LogP contribution in [0.4, 0.5) is 0 Å². The number of nitrogens with zero attached hydrogens (tertiary/aromatic N) is 1. The minimum atomic E-state index is 0.587. The second-order valence-corrected chi connectivity index (χ2v) is 5.57. The van der Waals surface area contributed by atoms with Gasteiger partial charge in [0.05, 0.1) is 0 Å². The van der Waals surface area contributed by atoms with Crippen molar-refractivity contribution >= 4 is 0 Å². The fourth-order valence-electron chi connectivity index (χ4n) is 3.16. The molecule has 0 bridgehead atoms. The Morgan fingerprint density at radius 2 is 2.11 bits per heavy atom. The van der Waals surface area contributed by atoms with Crippen LogP contribution >= 0.6 is 0 Å². The van der Waals surface area contributed by atoms with E-state index in [1.807, 2.05) is 0 Å². The molecule has 2 heteroatoms. The van der Waals surface area contributed by atoms with Crippen LogP contribution in [-0.4, -0.2) is 31.6 Å². The maximum absolute atomic E-state index is 3.52. The van der Waals surface area contributed by atoms with E-state index in [4.69, 9.17) is 0 Å². The fraction of sp³-hybridized carbons (Fsp3) is 0.625. The number of rotatable bonds is 4. The van der Waals surface area contributed by atoms with Gasteiger partial charge in [0.25, 0.3) is 0 Å². The minimum Gasteiger partial charge on any atom is -0.317 e. The first-order valence-electron chi connectivity index (χ1n) is 7.12. The van der Waals surface area contributed by atoms with Gasteiger partial charge < -0.3 is 5.32 Å². The highest BCUT2D eigenvalue weighted by Crippen LogP contribution is 2.37. The molecule has 100 valence electrons. The molecule has 0 spiro atoms. The number of hydrogen-bond acceptors (Lipinski definition) is 2. The Kier molecular flexibility index (Phi) is 4.41. The van der Waals surface area contributed by atoms with Gasteiger partial charge in [-0.15, -0.1) is 0 Å². The van der Waals surface area contributed by atoms with Crippen LogP contribution in [0.5, 0.6) is 0 Å². The van der Waals surface area contributed by atoms with Crippen molar-refractivity contribution in [1.82, 2.24) is 10.2 Å². The van der Waals surface area contributed by atoms with Gasteiger partial charge in [-0.25, -0.2) is 0 Å². The molecule has 1 aliphatic heterocycles. The Morgan fingerprint density at radius 1 is 1.33 bits per heavy atom. The van der Waals surface area contributed by atoms with E-state index in [-0.39, 0.29) is 0 Å². The van der Waals surface area contributed by atoms with Gasteiger partial charge in [0.15, 0.2) is 0 Å². The van der Waals surface area contributed by atoms with E-state index in [0.29, 0.717) is 6.04 Å². The minimum absolute atomic E-state index is 0.587. The molecule has 0 saturated carbocycles. The molecule has 1 N–H and O–H groups in total. The smallest absolute Gasteiger partial charge is 0.0388 e. The van der Waals surface area contributed by atoms with E-state index in [1.54, 1.807) is 0 Å². The maximum atomic E-state index is 3.52. The normalized spacial score (nSPS) is 24.7. The zero-order chi connectivity index (χ0) is 13.1. The van der Waals surface area contributed by atoms with Crippen molar-refractivity contribution in [3.05, 3.63) is 34.9 Å². The number of aryl methyl sites for hydroxylation is 1. The average molecular weight is 246 g/mol. The highest BCUT2D eigenvalue weighted by atomic mass is 15.2. The molecule has 0 aliphatic carbocycles. The summed E-state index contributed by atoms with van der Waals surface area (Å²) in [6.07, 6.45) is 1.31. The first-order valence-corrected chi connectivity index (χ1v) is 7.12. The van der Waals surface area contributed by atoms with Gasteiger partial charge in [0.2, 0.25) is 0 Å². The molecule has 0 amide bonds. The first-order chi connectivity index (χ1) is 8.65. The second kappa shape index (κ2) is 5.85. The molecular weight excluding hydrogens is 220 g/mol. The zero-order valence-electron chi connectivity index (χ0n) is 12.2. The SMILES string of the molecule is CCNCC1CCN(C)C1c1cccc(C)c1C. The van der Waals surface area contributed by atoms with Crippen molar-refractivity contribution < 1.29 is 0 Å². The van der Waals surface area contributed by atoms with Crippen LogP contribution in [0, 0.1) is 19.8 Å². The third kappa shape index (κ3) is 2.60. The predicted molar refractivity (Wildman–Crippen MR) is 77.9 cm³/mol. The molecule has 18 heavy (non-hydrogen) atoms. The predicted octanol–water partition coefficient (Wildman–Crippen LogP) is 2.91. The van der Waals surface area contributed by atoms with Crippen LogP contribution in [0.25, 0.3) is 0 Å². The van der Waals surface area contributed by atoms with E-state index in [2.05, 4.69) is 56.2 Å². The van der Waals surface area contributed by atoms with Gasteiger partial charge in [-0.05, 0) is 69.6 Å². The Labute approximate surface area is 111 Å². The van der Waals surface area contributed by atoms with E-state index >= 15 is 0 Å². The number of likely N-dealkylation sites (tertiary alicyclic amines) is 1. The standard InChI is InChI=1S/C16H26N2/c1-5-17-11-14-9-10-18(4)16(14)15-8-6-7-12(2)13(15)3/h6-8,14,16-17H,5,9-11H2,1-4H3. The Bertz CT molecular complexity index is 400. The second-order valence-electron chi connectivity index (χ2n) is 5.57. The van der Waals surface area contributed by atoms with Gasteiger partial charge in [-0.1, -0.05) is 25.1 Å². The van der Waals surface area contributed by atoms with Crippen molar-refractivity contribution in [3.8, 4) is 0 Å². The highest BCUT2D eigenvalue weighted by molar-refractivity contribution is 5.36. The van der Waals surface area contributed by atoms with Gasteiger partial charge in [0, 0.05) is 6.04 Å². The summed E-state index contributed by atoms with van der Waals surface area (Å²) in [5.74, 6) is 0.746. The summed E-state index contributed by atoms with van der Waals surface area (Å²) >= 11 is 0. The van der Waals surface area contributed by atoms with Gasteiger partial charge in [0.1, 0.15) is 0 Å². The summed E-state index contributed by atoms with van der Waals surface area (Å²) in [5.41, 5.74) is 4.41. The lowest BCUT2D eigenvalue weighted by atomic mass is 9.89. The highest BCUT2D eigenvalue weighted by Gasteiger charge is 2.33. The Balaban J connectivity index is 2.25. The van der Waals surface area contributed by atoms with Crippen LogP contribution in [-0.2, 0) is 0 Å². The quantitative estimate of drug-likeness (QED) is 0.879. The molecule has 1 aromatic carbocycles. The fourth-order valence-corrected chi connectivity index (χ4v) is 3.16. The third-order valence-electron chi connectivity index (χ3n) is 4.40. The van der Waals surface area contributed by atoms with E-state index in [1.165, 1.54) is 29.7 Å². The summed E-state index contributed by atoms with van der Waals surface area (Å²) in [5, 5.41) is 3.52. The van der Waals surface area contributed by atoms with Crippen molar-refractivity contribution in [2.24, 2.45) is 5.92 Å². The van der Waals surface area contributed by atoms with Crippen molar-refractivity contribution in [2.75, 3.05) is 26.7 Å². The number of hydrogen-bond donors (Lipinski definition) is 1. The summed E-state index contributed by atoms with van der Waals surface area (Å²) < 4.78 is 0. The molecule has 1 aromatic rings. The summed E-state index contributed by atoms with van der Waals surface area (Å²) in [6, 6.07) is 7.32. The largest absolute Gasteiger partial charge is 0.317 e. The van der Waals surface area contributed by atoms with Gasteiger partial charge >= 0.3 is 0 Å². The topological polar surface area (TPSA) is 15.3 Å². The molecule has 1 saturated heterocycles. The van der Waals surface area contributed by atoms with Gasteiger partial charge in [-0.3, -0.25) is 4.90 Å². The zero-order valence-corrected chi connectivity index (χ0v) is 12.2. The van der Waals surface area contributed by atoms with Crippen molar-refractivity contribution in [2.45, 2.75) is 33.2 Å². The Morgan fingerprint density at radius 3 is 2.83 bits per heavy atom. The molecule has 1 heterocycles. The van der Waals surface area contributed by atoms with Gasteiger partial charge in [-0.2, -0.15) is 0 Å². The van der Waals surface area contributed by atoms with Crippen molar-refractivity contribution in [3.63, 3.8) is 0 Å². The van der Waals surface area contributed by atoms with Crippen LogP contribution in [0.2, 0.25) is 0 Å². The average Bonchev–Trinajstić information content (AvgIpc) is 2.72. The lowest BCUT2D eigenvalue weighted by Crippen LogP contribution is -2.29. The van der Waals surface area contributed by atoms with Crippen molar-refractivity contribution in [1.29, 1.82) is 0 Å². The molecule has 2 nitrogen and oxygen atoms in total. The van der Waals surface area contributed by atoms with E-state index in [9.17, 15) is 0 Å². The molecule has 2 unspecified atom stereocenters. The lowest BCUT2D eigenvalue weighted by Gasteiger charge is -2.27. The maximum Gasteiger partial charge on any atom is 0.0388 e. The summed E-state index contributed by atoms with van der Waals surface area (Å²) in [7, 11) is 2.26. The third-order valence-corrected chi connectivity index (χ3v) is 4.40. The van der Waals surface area contributed by atoms with Crippen LogP contribution in [0.1, 0.15) is 36.1 Å². The molecule has 1 fully saturated rings. The first kappa shape index (κ1) is 13.6. The lowest BCUT2D eigenvalue weighted by molar-refractivity contribution is 0.272. The number of nitrogens with one attached hydrogen (secondary N) is 1. The number of benzene rings is 1. The molecule has 1 aliphatic rings. The molecular formula is C16H26N2. The Hall–Kier alpha value is -0.860.